The van der Waals surface area contributed by atoms with E-state index >= 15 is 0 Å². The van der Waals surface area contributed by atoms with Crippen molar-refractivity contribution in [3.63, 3.8) is 0 Å². The van der Waals surface area contributed by atoms with Gasteiger partial charge in [-0.2, -0.15) is 0 Å². The van der Waals surface area contributed by atoms with Crippen LogP contribution in [-0.4, -0.2) is 28.7 Å². The zero-order valence-corrected chi connectivity index (χ0v) is 21.0. The van der Waals surface area contributed by atoms with Gasteiger partial charge in [0.2, 0.25) is 0 Å². The standard InChI is InChI=1S/C30H35N3O2/c1-4-5-18-33-27(20-31-30(33)26-14-10-7-11-15-26)23-32(21-24-12-8-6-9-13-24)22-25-16-17-28(34-2)29(19-25)35-3/h6-17,19-20H,4-5,18,21-23H2,1-3H3. The highest BCUT2D eigenvalue weighted by Crippen LogP contribution is 2.29. The van der Waals surface area contributed by atoms with E-state index in [-0.39, 0.29) is 0 Å². The molecule has 0 N–H and O–H groups in total. The molecule has 0 aliphatic carbocycles. The molecule has 0 radical (unpaired) electrons. The monoisotopic (exact) mass is 469 g/mol. The Bertz CT molecular complexity index is 1190. The van der Waals surface area contributed by atoms with E-state index in [2.05, 4.69) is 89.2 Å². The number of aromatic nitrogens is 2. The summed E-state index contributed by atoms with van der Waals surface area (Å²) >= 11 is 0. The number of ether oxygens (including phenoxy) is 2. The van der Waals surface area contributed by atoms with E-state index in [9.17, 15) is 0 Å². The summed E-state index contributed by atoms with van der Waals surface area (Å²) in [6.45, 7) is 5.62. The zero-order valence-electron chi connectivity index (χ0n) is 21.0. The Hall–Kier alpha value is -3.57. The highest BCUT2D eigenvalue weighted by Gasteiger charge is 2.16. The number of nitrogens with zero attached hydrogens (tertiary/aromatic N) is 3. The predicted molar refractivity (Wildman–Crippen MR) is 142 cm³/mol. The summed E-state index contributed by atoms with van der Waals surface area (Å²) < 4.78 is 13.4. The van der Waals surface area contributed by atoms with Gasteiger partial charge >= 0.3 is 0 Å². The molecule has 0 unspecified atom stereocenters. The van der Waals surface area contributed by atoms with Crippen molar-refractivity contribution in [2.45, 2.75) is 45.9 Å². The second-order valence-corrected chi connectivity index (χ2v) is 8.76. The van der Waals surface area contributed by atoms with Crippen molar-refractivity contribution < 1.29 is 9.47 Å². The van der Waals surface area contributed by atoms with Gasteiger partial charge in [0.1, 0.15) is 5.82 Å². The van der Waals surface area contributed by atoms with Crippen molar-refractivity contribution in [2.75, 3.05) is 14.2 Å². The second-order valence-electron chi connectivity index (χ2n) is 8.76. The summed E-state index contributed by atoms with van der Waals surface area (Å²) in [5, 5.41) is 0. The molecule has 182 valence electrons. The van der Waals surface area contributed by atoms with Crippen molar-refractivity contribution in [3.05, 3.63) is 102 Å². The molecule has 0 saturated carbocycles. The molecular weight excluding hydrogens is 434 g/mol. The van der Waals surface area contributed by atoms with E-state index in [1.54, 1.807) is 14.2 Å². The van der Waals surface area contributed by atoms with Crippen LogP contribution in [-0.2, 0) is 26.2 Å². The fourth-order valence-electron chi connectivity index (χ4n) is 4.40. The summed E-state index contributed by atoms with van der Waals surface area (Å²) in [6.07, 6.45) is 4.31. The minimum Gasteiger partial charge on any atom is -0.493 e. The van der Waals surface area contributed by atoms with Gasteiger partial charge in [0.15, 0.2) is 11.5 Å². The largest absolute Gasteiger partial charge is 0.493 e. The molecule has 0 bridgehead atoms. The van der Waals surface area contributed by atoms with Crippen LogP contribution in [0.15, 0.2) is 85.1 Å². The van der Waals surface area contributed by atoms with Gasteiger partial charge in [-0.15, -0.1) is 0 Å². The molecule has 0 aliphatic heterocycles. The summed E-state index contributed by atoms with van der Waals surface area (Å²) in [4.78, 5) is 7.32. The maximum atomic E-state index is 5.55. The maximum absolute atomic E-state index is 5.55. The van der Waals surface area contributed by atoms with Crippen LogP contribution in [0.2, 0.25) is 0 Å². The summed E-state index contributed by atoms with van der Waals surface area (Å²) in [7, 11) is 3.35. The Morgan fingerprint density at radius 1 is 0.771 bits per heavy atom. The Labute approximate surface area is 209 Å². The number of rotatable bonds is 12. The molecule has 0 saturated heterocycles. The van der Waals surface area contributed by atoms with Crippen LogP contribution < -0.4 is 9.47 Å². The number of unbranched alkanes of at least 4 members (excludes halogenated alkanes) is 1. The zero-order chi connectivity index (χ0) is 24.5. The normalized spacial score (nSPS) is 11.1. The molecule has 3 aromatic carbocycles. The number of methoxy groups -OCH3 is 2. The Morgan fingerprint density at radius 3 is 2.14 bits per heavy atom. The Kier molecular flexibility index (Phi) is 8.58. The SMILES string of the molecule is CCCCn1c(CN(Cc2ccccc2)Cc2ccc(OC)c(OC)c2)cnc1-c1ccccc1. The van der Waals surface area contributed by atoms with Gasteiger partial charge in [-0.25, -0.2) is 4.98 Å². The van der Waals surface area contributed by atoms with E-state index in [0.717, 1.165) is 61.9 Å². The van der Waals surface area contributed by atoms with E-state index < -0.39 is 0 Å². The van der Waals surface area contributed by atoms with Gasteiger partial charge in [-0.05, 0) is 29.7 Å². The molecule has 0 aliphatic rings. The van der Waals surface area contributed by atoms with Crippen LogP contribution in [0.25, 0.3) is 11.4 Å². The Balaban J connectivity index is 1.64. The minimum atomic E-state index is 0.746. The molecule has 4 aromatic rings. The van der Waals surface area contributed by atoms with E-state index in [0.29, 0.717) is 0 Å². The summed E-state index contributed by atoms with van der Waals surface area (Å²) in [5.41, 5.74) is 4.86. The van der Waals surface area contributed by atoms with Gasteiger partial charge in [0.05, 0.1) is 26.1 Å². The summed E-state index contributed by atoms with van der Waals surface area (Å²) in [5.74, 6) is 2.54. The first-order valence-electron chi connectivity index (χ1n) is 12.3. The lowest BCUT2D eigenvalue weighted by molar-refractivity contribution is 0.240. The lowest BCUT2D eigenvalue weighted by Gasteiger charge is -2.24. The first-order chi connectivity index (χ1) is 17.2. The summed E-state index contributed by atoms with van der Waals surface area (Å²) in [6, 6.07) is 27.3. The van der Waals surface area contributed by atoms with Crippen LogP contribution in [0.4, 0.5) is 0 Å². The third-order valence-electron chi connectivity index (χ3n) is 6.19. The van der Waals surface area contributed by atoms with Gasteiger partial charge in [-0.3, -0.25) is 4.90 Å². The van der Waals surface area contributed by atoms with Crippen LogP contribution in [0, 0.1) is 0 Å². The van der Waals surface area contributed by atoms with Crippen molar-refractivity contribution >= 4 is 0 Å². The highest BCUT2D eigenvalue weighted by molar-refractivity contribution is 5.56. The third-order valence-corrected chi connectivity index (χ3v) is 6.19. The molecule has 5 heteroatoms. The van der Waals surface area contributed by atoms with E-state index in [4.69, 9.17) is 14.5 Å². The molecule has 4 rings (SSSR count). The first-order valence-corrected chi connectivity index (χ1v) is 12.3. The smallest absolute Gasteiger partial charge is 0.161 e. The van der Waals surface area contributed by atoms with Crippen molar-refractivity contribution in [3.8, 4) is 22.9 Å². The topological polar surface area (TPSA) is 39.5 Å². The molecule has 0 fully saturated rings. The van der Waals surface area contributed by atoms with E-state index in [1.807, 2.05) is 12.3 Å². The van der Waals surface area contributed by atoms with E-state index in [1.165, 1.54) is 16.8 Å². The van der Waals surface area contributed by atoms with Crippen molar-refractivity contribution in [2.24, 2.45) is 0 Å². The average molecular weight is 470 g/mol. The lowest BCUT2D eigenvalue weighted by atomic mass is 10.1. The van der Waals surface area contributed by atoms with Crippen LogP contribution in [0.1, 0.15) is 36.6 Å². The molecule has 5 nitrogen and oxygen atoms in total. The molecule has 0 amide bonds. The number of benzene rings is 3. The van der Waals surface area contributed by atoms with Gasteiger partial charge in [-0.1, -0.05) is 80.1 Å². The second kappa shape index (κ2) is 12.2. The average Bonchev–Trinajstić information content (AvgIpc) is 3.30. The minimum absolute atomic E-state index is 0.746. The number of hydrogen-bond acceptors (Lipinski definition) is 4. The van der Waals surface area contributed by atoms with Crippen molar-refractivity contribution in [1.29, 1.82) is 0 Å². The Morgan fingerprint density at radius 2 is 1.46 bits per heavy atom. The number of imidazole rings is 1. The van der Waals surface area contributed by atoms with Crippen molar-refractivity contribution in [1.82, 2.24) is 14.5 Å². The van der Waals surface area contributed by atoms with Gasteiger partial charge in [0, 0.05) is 31.7 Å². The number of hydrogen-bond donors (Lipinski definition) is 0. The van der Waals surface area contributed by atoms with Crippen LogP contribution in [0.3, 0.4) is 0 Å². The molecule has 0 spiro atoms. The maximum Gasteiger partial charge on any atom is 0.161 e. The molecule has 1 aromatic heterocycles. The molecular formula is C30H35N3O2. The van der Waals surface area contributed by atoms with Gasteiger partial charge < -0.3 is 14.0 Å². The quantitative estimate of drug-likeness (QED) is 0.235. The predicted octanol–water partition coefficient (Wildman–Crippen LogP) is 6.57. The highest BCUT2D eigenvalue weighted by atomic mass is 16.5. The fraction of sp³-hybridized carbons (Fsp3) is 0.300. The fourth-order valence-corrected chi connectivity index (χ4v) is 4.40. The van der Waals surface area contributed by atoms with Gasteiger partial charge in [0.25, 0.3) is 0 Å². The lowest BCUT2D eigenvalue weighted by Crippen LogP contribution is -2.24. The third kappa shape index (κ3) is 6.31. The van der Waals surface area contributed by atoms with Crippen LogP contribution in [0.5, 0.6) is 11.5 Å². The molecule has 1 heterocycles. The molecule has 35 heavy (non-hydrogen) atoms. The first kappa shape index (κ1) is 24.6. The van der Waals surface area contributed by atoms with Crippen LogP contribution >= 0.6 is 0 Å². The molecule has 0 atom stereocenters.